The molecule has 1 spiro atoms. The predicted molar refractivity (Wildman–Crippen MR) is 188 cm³/mol. The molecule has 3 aliphatic heterocycles. The SMILES string of the molecule is Cc1cn([C@H]2C[C@H](N=[N+]=[N-])[C@@H](CO[P+](=O)O[C@H]3CC[C@@]4(C)C(=CC[C@H]5[C@@H]6C[C@@H]7O[C@]8(CCC(C)CO8)[C@@H](C)[C@@H]7[C@@]6(C)CC[C@@H]54)C3)O2)c(=O)[nH]c1=O. The van der Waals surface area contributed by atoms with Gasteiger partial charge in [0.05, 0.1) is 24.9 Å². The van der Waals surface area contributed by atoms with Crippen molar-refractivity contribution >= 4 is 8.25 Å². The smallest absolute Gasteiger partial charge is 0.352 e. The summed E-state index contributed by atoms with van der Waals surface area (Å²) in [5.74, 6) is 3.11. The van der Waals surface area contributed by atoms with E-state index >= 15 is 0 Å². The Bertz CT molecular complexity index is 1750. The lowest BCUT2D eigenvalue weighted by Gasteiger charge is -2.58. The molecule has 0 amide bonds. The third-order valence-corrected chi connectivity index (χ3v) is 15.6. The topological polar surface area (TPSA) is 167 Å². The van der Waals surface area contributed by atoms with Crippen molar-refractivity contribution in [2.45, 2.75) is 135 Å². The van der Waals surface area contributed by atoms with Crippen LogP contribution in [-0.4, -0.2) is 52.9 Å². The Labute approximate surface area is 299 Å². The minimum atomic E-state index is -2.46. The summed E-state index contributed by atoms with van der Waals surface area (Å²) in [6.07, 6.45) is 12.1. The lowest BCUT2D eigenvalue weighted by molar-refractivity contribution is -0.272. The molecule has 4 heterocycles. The number of aryl methyl sites for hydroxylation is 1. The van der Waals surface area contributed by atoms with E-state index < -0.39 is 37.9 Å². The first-order chi connectivity index (χ1) is 24.3. The number of fused-ring (bicyclic) bond motifs is 7. The van der Waals surface area contributed by atoms with Gasteiger partial charge in [0.1, 0.15) is 18.9 Å². The molecule has 0 radical (unpaired) electrons. The zero-order chi connectivity index (χ0) is 35.9. The van der Waals surface area contributed by atoms with Gasteiger partial charge in [0.25, 0.3) is 5.56 Å². The first-order valence-corrected chi connectivity index (χ1v) is 20.2. The van der Waals surface area contributed by atoms with Crippen molar-refractivity contribution in [2.75, 3.05) is 13.2 Å². The molecule has 14 heteroatoms. The van der Waals surface area contributed by atoms with Crippen molar-refractivity contribution in [3.8, 4) is 0 Å². The Morgan fingerprint density at radius 3 is 2.73 bits per heavy atom. The van der Waals surface area contributed by atoms with Crippen LogP contribution in [0.1, 0.15) is 104 Å². The average Bonchev–Trinajstić information content (AvgIpc) is 3.72. The summed E-state index contributed by atoms with van der Waals surface area (Å²) in [5, 5.41) is 3.83. The maximum absolute atomic E-state index is 13.1. The van der Waals surface area contributed by atoms with E-state index in [4.69, 9.17) is 28.8 Å². The van der Waals surface area contributed by atoms with Gasteiger partial charge in [0.2, 0.25) is 0 Å². The number of azide groups is 1. The Hall–Kier alpha value is -2.37. The largest absolute Gasteiger partial charge is 0.697 e. The first kappa shape index (κ1) is 35.6. The lowest BCUT2D eigenvalue weighted by atomic mass is 9.47. The molecule has 7 aliphatic rings. The number of H-pyrrole nitrogens is 1. The van der Waals surface area contributed by atoms with Crippen LogP contribution >= 0.6 is 8.25 Å². The zero-order valence-electron chi connectivity index (χ0n) is 30.5. The number of hydrogen-bond donors (Lipinski definition) is 1. The van der Waals surface area contributed by atoms with Crippen LogP contribution in [0.5, 0.6) is 0 Å². The summed E-state index contributed by atoms with van der Waals surface area (Å²) in [6.45, 7) is 12.0. The average molecular weight is 727 g/mol. The van der Waals surface area contributed by atoms with Gasteiger partial charge in [-0.05, 0) is 97.8 Å². The standard InChI is InChI=1S/C37H52N5O8P/c1-20-8-13-37(46-18-20)22(3)32-29(49-37)15-27-25-7-6-23-14-24(9-11-35(23,4)26(25)10-12-36(27,32)5)50-51(45)47-19-30-28(40-41-38)16-31(48-30)42-17-21(2)33(43)39-34(42)44/h6,17,20,22,24-32H,7-16,18-19H2,1-5H3/p+1/t20?,22-,24-,25+,26-,27-,28-,29-,30+,31+,32-,35-,36-,37+/m0/s1. The van der Waals surface area contributed by atoms with E-state index in [0.717, 1.165) is 45.1 Å². The molecule has 13 nitrogen and oxygen atoms in total. The van der Waals surface area contributed by atoms with E-state index in [1.165, 1.54) is 35.6 Å². The van der Waals surface area contributed by atoms with Crippen LogP contribution in [0.3, 0.4) is 0 Å². The molecule has 0 aromatic carbocycles. The van der Waals surface area contributed by atoms with Gasteiger partial charge in [-0.3, -0.25) is 14.3 Å². The zero-order valence-corrected chi connectivity index (χ0v) is 31.4. The van der Waals surface area contributed by atoms with E-state index in [-0.39, 0.29) is 35.7 Å². The van der Waals surface area contributed by atoms with Crippen LogP contribution in [-0.2, 0) is 27.8 Å². The molecule has 15 atom stereocenters. The van der Waals surface area contributed by atoms with Crippen LogP contribution in [0, 0.1) is 53.3 Å². The number of allylic oxidation sites excluding steroid dienone is 1. The van der Waals surface area contributed by atoms with Crippen LogP contribution < -0.4 is 11.2 Å². The fraction of sp³-hybridized carbons (Fsp3) is 0.838. The number of nitrogens with zero attached hydrogens (tertiary/aromatic N) is 4. The van der Waals surface area contributed by atoms with E-state index in [2.05, 4.69) is 48.8 Å². The second-order valence-electron chi connectivity index (χ2n) is 17.4. The fourth-order valence-electron chi connectivity index (χ4n) is 12.0. The molecule has 1 aromatic heterocycles. The molecular formula is C37H53N5O8P+. The molecule has 3 saturated carbocycles. The lowest BCUT2D eigenvalue weighted by Crippen LogP contribution is -2.52. The Kier molecular flexibility index (Phi) is 9.22. The normalized spacial score (nSPS) is 46.0. The molecule has 1 N–H and O–H groups in total. The molecule has 3 saturated heterocycles. The maximum atomic E-state index is 13.1. The van der Waals surface area contributed by atoms with E-state index in [1.807, 2.05) is 0 Å². The number of nitrogens with one attached hydrogen (secondary N) is 1. The highest BCUT2D eigenvalue weighted by Gasteiger charge is 2.68. The predicted octanol–water partition coefficient (Wildman–Crippen LogP) is 7.24. The molecule has 2 unspecified atom stereocenters. The first-order valence-electron chi connectivity index (χ1n) is 19.1. The monoisotopic (exact) mass is 726 g/mol. The van der Waals surface area contributed by atoms with E-state index in [0.29, 0.717) is 47.2 Å². The Morgan fingerprint density at radius 1 is 1.14 bits per heavy atom. The molecule has 0 bridgehead atoms. The van der Waals surface area contributed by atoms with Gasteiger partial charge in [-0.1, -0.05) is 44.5 Å². The maximum Gasteiger partial charge on any atom is 0.697 e. The summed E-state index contributed by atoms with van der Waals surface area (Å²) in [7, 11) is -2.46. The van der Waals surface area contributed by atoms with Crippen LogP contribution in [0.25, 0.3) is 10.4 Å². The second kappa shape index (κ2) is 13.2. The summed E-state index contributed by atoms with van der Waals surface area (Å²) in [6, 6.07) is -0.643. The molecule has 51 heavy (non-hydrogen) atoms. The number of ether oxygens (including phenoxy) is 3. The van der Waals surface area contributed by atoms with Gasteiger partial charge in [0.15, 0.2) is 5.79 Å². The fourth-order valence-corrected chi connectivity index (χ4v) is 12.8. The van der Waals surface area contributed by atoms with E-state index in [1.54, 1.807) is 6.92 Å². The summed E-state index contributed by atoms with van der Waals surface area (Å²) in [4.78, 5) is 29.5. The number of rotatable bonds is 7. The van der Waals surface area contributed by atoms with Crippen LogP contribution in [0.4, 0.5) is 0 Å². The molecule has 1 aromatic rings. The Morgan fingerprint density at radius 2 is 1.96 bits per heavy atom. The van der Waals surface area contributed by atoms with Crippen molar-refractivity contribution in [3.05, 3.63) is 54.7 Å². The minimum absolute atomic E-state index is 0.109. The summed E-state index contributed by atoms with van der Waals surface area (Å²) < 4.78 is 45.5. The van der Waals surface area contributed by atoms with Crippen molar-refractivity contribution in [1.29, 1.82) is 0 Å². The van der Waals surface area contributed by atoms with Crippen molar-refractivity contribution < 1.29 is 27.8 Å². The van der Waals surface area contributed by atoms with Gasteiger partial charge >= 0.3 is 13.9 Å². The van der Waals surface area contributed by atoms with Gasteiger partial charge in [-0.15, -0.1) is 9.05 Å². The number of aromatic amines is 1. The van der Waals surface area contributed by atoms with Gasteiger partial charge in [-0.2, -0.15) is 0 Å². The minimum Gasteiger partial charge on any atom is -0.352 e. The number of hydrogen-bond acceptors (Lipinski definition) is 9. The van der Waals surface area contributed by atoms with Crippen LogP contribution in [0.15, 0.2) is 32.5 Å². The van der Waals surface area contributed by atoms with E-state index in [9.17, 15) is 14.2 Å². The molecular weight excluding hydrogens is 673 g/mol. The van der Waals surface area contributed by atoms with Crippen molar-refractivity contribution in [2.24, 2.45) is 51.5 Å². The van der Waals surface area contributed by atoms with Gasteiger partial charge in [-0.25, -0.2) is 4.79 Å². The molecule has 4 aliphatic carbocycles. The third kappa shape index (κ3) is 5.90. The molecule has 6 fully saturated rings. The Balaban J connectivity index is 0.885. The molecule has 8 rings (SSSR count). The highest BCUT2D eigenvalue weighted by Crippen LogP contribution is 2.70. The molecule has 278 valence electrons. The second-order valence-corrected chi connectivity index (χ2v) is 18.3. The van der Waals surface area contributed by atoms with Crippen molar-refractivity contribution in [3.63, 3.8) is 0 Å². The van der Waals surface area contributed by atoms with Crippen LogP contribution in [0.2, 0.25) is 0 Å². The van der Waals surface area contributed by atoms with Gasteiger partial charge < -0.3 is 14.2 Å². The van der Waals surface area contributed by atoms with Crippen molar-refractivity contribution in [1.82, 2.24) is 9.55 Å². The summed E-state index contributed by atoms with van der Waals surface area (Å²) >= 11 is 0. The quantitative estimate of drug-likeness (QED) is 0.101. The highest BCUT2D eigenvalue weighted by molar-refractivity contribution is 7.33. The number of aromatic nitrogens is 2. The third-order valence-electron chi connectivity index (χ3n) is 14.8. The van der Waals surface area contributed by atoms with Gasteiger partial charge in [0, 0.05) is 46.4 Å². The summed E-state index contributed by atoms with van der Waals surface area (Å²) in [5.41, 5.74) is 10.2. The highest BCUT2D eigenvalue weighted by atomic mass is 31.1.